The van der Waals surface area contributed by atoms with Crippen LogP contribution in [0.1, 0.15) is 6.42 Å². The summed E-state index contributed by atoms with van der Waals surface area (Å²) in [7, 11) is 0. The quantitative estimate of drug-likeness (QED) is 0.570. The van der Waals surface area contributed by atoms with E-state index in [1.807, 2.05) is 0 Å². The highest BCUT2D eigenvalue weighted by Gasteiger charge is 2.06. The highest BCUT2D eigenvalue weighted by molar-refractivity contribution is 5.34. The van der Waals surface area contributed by atoms with Gasteiger partial charge in [-0.1, -0.05) is 0 Å². The van der Waals surface area contributed by atoms with Gasteiger partial charge in [0.1, 0.15) is 0 Å². The number of nitrogens with zero attached hydrogens (tertiary/aromatic N) is 5. The van der Waals surface area contributed by atoms with Gasteiger partial charge in [-0.3, -0.25) is 0 Å². The van der Waals surface area contributed by atoms with Crippen molar-refractivity contribution in [3.63, 3.8) is 0 Å². The maximum atomic E-state index is 11.4. The van der Waals surface area contributed by atoms with Crippen LogP contribution in [0.5, 0.6) is 0 Å². The molecule has 0 bridgehead atoms. The number of nitrogen functional groups attached to an aromatic ring is 1. The third-order valence-corrected chi connectivity index (χ3v) is 2.17. The molecule has 0 atom stereocenters. The Hall–Kier alpha value is -2.36. The smallest absolute Gasteiger partial charge is 0.357 e. The molecular formula is C9H10N6O. The summed E-state index contributed by atoms with van der Waals surface area (Å²) in [6.45, 7) is 7.76. The number of nitrogens with two attached hydrogens (primary N) is 1. The first-order valence-electron chi connectivity index (χ1n) is 4.76. The van der Waals surface area contributed by atoms with E-state index in [0.29, 0.717) is 25.3 Å². The molecule has 0 saturated heterocycles. The van der Waals surface area contributed by atoms with E-state index in [-0.39, 0.29) is 5.95 Å². The molecule has 82 valence electrons. The molecule has 0 unspecified atom stereocenters. The lowest BCUT2D eigenvalue weighted by atomic mass is 10.4. The Morgan fingerprint density at radius 1 is 1.44 bits per heavy atom. The van der Waals surface area contributed by atoms with E-state index in [9.17, 15) is 4.79 Å². The fourth-order valence-electron chi connectivity index (χ4n) is 1.46. The Morgan fingerprint density at radius 3 is 3.00 bits per heavy atom. The molecule has 2 N–H and O–H groups in total. The fraction of sp³-hybridized carbons (Fsp3) is 0.333. The maximum absolute atomic E-state index is 11.4. The summed E-state index contributed by atoms with van der Waals surface area (Å²) in [6, 6.07) is 0. The highest BCUT2D eigenvalue weighted by Crippen LogP contribution is 2.02. The van der Waals surface area contributed by atoms with Crippen LogP contribution < -0.4 is 11.4 Å². The molecule has 0 spiro atoms. The number of hydrogen-bond donors (Lipinski definition) is 1. The van der Waals surface area contributed by atoms with E-state index >= 15 is 0 Å². The minimum Gasteiger partial charge on any atom is -0.368 e. The van der Waals surface area contributed by atoms with Gasteiger partial charge in [-0.15, -0.1) is 0 Å². The summed E-state index contributed by atoms with van der Waals surface area (Å²) >= 11 is 0. The topological polar surface area (TPSA) is 82.6 Å². The largest absolute Gasteiger partial charge is 0.368 e. The molecule has 7 nitrogen and oxygen atoms in total. The molecule has 0 amide bonds. The molecule has 0 aliphatic rings. The van der Waals surface area contributed by atoms with Crippen LogP contribution in [-0.2, 0) is 6.54 Å². The lowest BCUT2D eigenvalue weighted by molar-refractivity contribution is 0.680. The van der Waals surface area contributed by atoms with Crippen LogP contribution in [0.4, 0.5) is 5.95 Å². The van der Waals surface area contributed by atoms with Crippen molar-refractivity contribution in [3.05, 3.63) is 34.3 Å². The molecule has 2 heterocycles. The van der Waals surface area contributed by atoms with Crippen LogP contribution in [0, 0.1) is 6.57 Å². The zero-order valence-electron chi connectivity index (χ0n) is 8.50. The first-order chi connectivity index (χ1) is 7.72. The van der Waals surface area contributed by atoms with E-state index in [4.69, 9.17) is 12.3 Å². The van der Waals surface area contributed by atoms with Gasteiger partial charge < -0.3 is 15.1 Å². The second-order valence-electron chi connectivity index (χ2n) is 3.26. The Kier molecular flexibility index (Phi) is 2.55. The number of aromatic nitrogens is 4. The highest BCUT2D eigenvalue weighted by atomic mass is 16.1. The fourth-order valence-corrected chi connectivity index (χ4v) is 1.46. The summed E-state index contributed by atoms with van der Waals surface area (Å²) < 4.78 is 3.11. The molecule has 2 aromatic rings. The molecule has 0 fully saturated rings. The van der Waals surface area contributed by atoms with E-state index in [2.05, 4.69) is 14.8 Å². The van der Waals surface area contributed by atoms with Gasteiger partial charge in [-0.2, -0.15) is 9.97 Å². The van der Waals surface area contributed by atoms with Crippen LogP contribution in [0.15, 0.2) is 17.2 Å². The van der Waals surface area contributed by atoms with Gasteiger partial charge in [0.2, 0.25) is 18.3 Å². The number of imidazole rings is 1. The summed E-state index contributed by atoms with van der Waals surface area (Å²) in [6.07, 6.45) is 4.04. The van der Waals surface area contributed by atoms with Crippen molar-refractivity contribution in [2.75, 3.05) is 12.3 Å². The van der Waals surface area contributed by atoms with Crippen molar-refractivity contribution >= 4 is 11.7 Å². The molecule has 16 heavy (non-hydrogen) atoms. The molecule has 2 aromatic heterocycles. The zero-order valence-corrected chi connectivity index (χ0v) is 8.50. The number of hydrogen-bond acceptors (Lipinski definition) is 4. The second-order valence-corrected chi connectivity index (χ2v) is 3.26. The molecule has 0 aliphatic carbocycles. The second kappa shape index (κ2) is 4.02. The van der Waals surface area contributed by atoms with Crippen molar-refractivity contribution in [1.82, 2.24) is 18.9 Å². The van der Waals surface area contributed by atoms with Crippen molar-refractivity contribution in [3.8, 4) is 0 Å². The lowest BCUT2D eigenvalue weighted by Crippen LogP contribution is -2.19. The zero-order chi connectivity index (χ0) is 11.5. The van der Waals surface area contributed by atoms with E-state index in [1.165, 1.54) is 4.40 Å². The minimum absolute atomic E-state index is 0.0323. The monoisotopic (exact) mass is 218 g/mol. The molecule has 0 aromatic carbocycles. The third-order valence-electron chi connectivity index (χ3n) is 2.17. The van der Waals surface area contributed by atoms with Gasteiger partial charge in [-0.25, -0.2) is 15.8 Å². The van der Waals surface area contributed by atoms with Crippen molar-refractivity contribution < 1.29 is 0 Å². The predicted octanol–water partition coefficient (Wildman–Crippen LogP) is -0.217. The first-order valence-corrected chi connectivity index (χ1v) is 4.76. The van der Waals surface area contributed by atoms with Gasteiger partial charge in [0.15, 0.2) is 0 Å². The lowest BCUT2D eigenvalue weighted by Gasteiger charge is -2.00. The Balaban J connectivity index is 2.41. The van der Waals surface area contributed by atoms with Crippen molar-refractivity contribution in [2.24, 2.45) is 0 Å². The van der Waals surface area contributed by atoms with Crippen LogP contribution in [0.25, 0.3) is 10.6 Å². The standard InChI is InChI=1S/C9H10N6O/c1-11-3-2-4-14-5-6-15-8(14)12-7(10)13-9(15)16/h5-6H,2-4H2,(H2,10,13,16). The van der Waals surface area contributed by atoms with Gasteiger partial charge in [0.25, 0.3) is 0 Å². The van der Waals surface area contributed by atoms with Crippen LogP contribution in [0.2, 0.25) is 0 Å². The van der Waals surface area contributed by atoms with Crippen molar-refractivity contribution in [2.45, 2.75) is 13.0 Å². The predicted molar refractivity (Wildman–Crippen MR) is 57.7 cm³/mol. The number of anilines is 1. The molecule has 2 rings (SSSR count). The average molecular weight is 218 g/mol. The van der Waals surface area contributed by atoms with Crippen LogP contribution in [0.3, 0.4) is 0 Å². The molecule has 0 aliphatic heterocycles. The van der Waals surface area contributed by atoms with Crippen LogP contribution >= 0.6 is 0 Å². The first kappa shape index (κ1) is 10.2. The molecule has 0 radical (unpaired) electrons. The molecule has 7 heteroatoms. The summed E-state index contributed by atoms with van der Waals surface area (Å²) in [4.78, 5) is 22.2. The summed E-state index contributed by atoms with van der Waals surface area (Å²) in [5, 5.41) is 0. The Labute approximate surface area is 91.0 Å². The van der Waals surface area contributed by atoms with E-state index < -0.39 is 5.69 Å². The van der Waals surface area contributed by atoms with Gasteiger partial charge in [-0.05, 0) is 0 Å². The average Bonchev–Trinajstić information content (AvgIpc) is 2.62. The molecular weight excluding hydrogens is 208 g/mol. The van der Waals surface area contributed by atoms with E-state index in [0.717, 1.165) is 0 Å². The molecule has 0 saturated carbocycles. The number of fused-ring (bicyclic) bond motifs is 1. The van der Waals surface area contributed by atoms with Crippen LogP contribution in [-0.4, -0.2) is 25.5 Å². The van der Waals surface area contributed by atoms with Gasteiger partial charge in [0.05, 0.1) is 0 Å². The minimum atomic E-state index is -0.438. The normalized spacial score (nSPS) is 10.4. The maximum Gasteiger partial charge on any atom is 0.357 e. The van der Waals surface area contributed by atoms with Gasteiger partial charge >= 0.3 is 5.69 Å². The van der Waals surface area contributed by atoms with Crippen molar-refractivity contribution in [1.29, 1.82) is 0 Å². The number of rotatable bonds is 3. The Bertz CT molecular complexity index is 604. The summed E-state index contributed by atoms with van der Waals surface area (Å²) in [5.74, 6) is 0.428. The van der Waals surface area contributed by atoms with Gasteiger partial charge in [0, 0.05) is 25.4 Å². The third kappa shape index (κ3) is 1.72. The Morgan fingerprint density at radius 2 is 2.25 bits per heavy atom. The summed E-state index contributed by atoms with van der Waals surface area (Å²) in [5.41, 5.74) is 4.97. The number of aryl methyl sites for hydroxylation is 1. The van der Waals surface area contributed by atoms with E-state index in [1.54, 1.807) is 17.0 Å². The SMILES string of the molecule is [C-]#[N+]CCCn1ccn2c(=O)nc(N)nc12.